The number of nitrogens with zero attached hydrogens (tertiary/aromatic N) is 4. The molecule has 3 rings (SSSR count). The molecular weight excluding hydrogens is 284 g/mol. The van der Waals surface area contributed by atoms with Gasteiger partial charge in [0.1, 0.15) is 0 Å². The van der Waals surface area contributed by atoms with Gasteiger partial charge in [0.2, 0.25) is 0 Å². The van der Waals surface area contributed by atoms with Gasteiger partial charge in [0.25, 0.3) is 5.89 Å². The highest BCUT2D eigenvalue weighted by Gasteiger charge is 2.19. The van der Waals surface area contributed by atoms with E-state index in [1.807, 2.05) is 17.5 Å². The summed E-state index contributed by atoms with van der Waals surface area (Å²) >= 11 is 1.62. The standard InChI is InChI=1S/C15H20N4OS/c1-12(2)10-18-5-7-19(8-6-18)11-14-16-15(20-17-14)13-4-3-9-21-13/h3-4,9H,1,5-8,10-11H2,2H3. The van der Waals surface area contributed by atoms with Crippen molar-refractivity contribution in [2.24, 2.45) is 0 Å². The van der Waals surface area contributed by atoms with E-state index in [0.29, 0.717) is 5.89 Å². The van der Waals surface area contributed by atoms with Crippen LogP contribution < -0.4 is 0 Å². The first-order valence-electron chi connectivity index (χ1n) is 7.16. The lowest BCUT2D eigenvalue weighted by Crippen LogP contribution is -2.46. The molecule has 6 heteroatoms. The Bertz CT molecular complexity index is 585. The van der Waals surface area contributed by atoms with Gasteiger partial charge < -0.3 is 4.52 Å². The van der Waals surface area contributed by atoms with Gasteiger partial charge in [-0.15, -0.1) is 11.3 Å². The van der Waals surface area contributed by atoms with E-state index < -0.39 is 0 Å². The van der Waals surface area contributed by atoms with Crippen LogP contribution in [-0.2, 0) is 6.54 Å². The molecule has 0 amide bonds. The molecule has 0 saturated carbocycles. The van der Waals surface area contributed by atoms with Crippen LogP contribution in [0.2, 0.25) is 0 Å². The molecule has 1 aliphatic heterocycles. The summed E-state index contributed by atoms with van der Waals surface area (Å²) in [4.78, 5) is 10.3. The lowest BCUT2D eigenvalue weighted by atomic mass is 10.2. The van der Waals surface area contributed by atoms with Gasteiger partial charge in [-0.05, 0) is 18.4 Å². The summed E-state index contributed by atoms with van der Waals surface area (Å²) in [7, 11) is 0. The first-order valence-corrected chi connectivity index (χ1v) is 8.04. The van der Waals surface area contributed by atoms with Crippen molar-refractivity contribution >= 4 is 11.3 Å². The zero-order valence-corrected chi connectivity index (χ0v) is 13.1. The minimum absolute atomic E-state index is 0.626. The zero-order chi connectivity index (χ0) is 14.7. The van der Waals surface area contributed by atoms with Crippen molar-refractivity contribution in [1.82, 2.24) is 19.9 Å². The first kappa shape index (κ1) is 14.4. The summed E-state index contributed by atoms with van der Waals surface area (Å²) < 4.78 is 5.32. The molecular formula is C15H20N4OS. The van der Waals surface area contributed by atoms with E-state index in [1.54, 1.807) is 11.3 Å². The SMILES string of the molecule is C=C(C)CN1CCN(Cc2noc(-c3cccs3)n2)CC1. The van der Waals surface area contributed by atoms with Crippen molar-refractivity contribution in [3.8, 4) is 10.8 Å². The van der Waals surface area contributed by atoms with Crippen LogP contribution >= 0.6 is 11.3 Å². The van der Waals surface area contributed by atoms with Crippen molar-refractivity contribution < 1.29 is 4.52 Å². The molecule has 5 nitrogen and oxygen atoms in total. The quantitative estimate of drug-likeness (QED) is 0.794. The highest BCUT2D eigenvalue weighted by atomic mass is 32.1. The van der Waals surface area contributed by atoms with E-state index in [2.05, 4.69) is 33.4 Å². The van der Waals surface area contributed by atoms with Crippen LogP contribution in [0.1, 0.15) is 12.7 Å². The predicted octanol–water partition coefficient (Wildman–Crippen LogP) is 2.49. The number of aromatic nitrogens is 2. The van der Waals surface area contributed by atoms with Crippen LogP contribution in [0.3, 0.4) is 0 Å². The Kier molecular flexibility index (Phi) is 4.48. The second kappa shape index (κ2) is 6.51. The minimum Gasteiger partial charge on any atom is -0.333 e. The minimum atomic E-state index is 0.626. The molecule has 21 heavy (non-hydrogen) atoms. The summed E-state index contributed by atoms with van der Waals surface area (Å²) in [6.07, 6.45) is 0. The van der Waals surface area contributed by atoms with E-state index in [4.69, 9.17) is 4.52 Å². The second-order valence-electron chi connectivity index (χ2n) is 5.50. The third-order valence-electron chi connectivity index (χ3n) is 3.52. The maximum Gasteiger partial charge on any atom is 0.268 e. The molecule has 1 fully saturated rings. The van der Waals surface area contributed by atoms with Gasteiger partial charge in [-0.2, -0.15) is 4.98 Å². The molecule has 0 aromatic carbocycles. The number of thiophene rings is 1. The molecule has 112 valence electrons. The fourth-order valence-corrected chi connectivity index (χ4v) is 3.15. The summed E-state index contributed by atoms with van der Waals surface area (Å²) in [6, 6.07) is 3.99. The van der Waals surface area contributed by atoms with Gasteiger partial charge in [0, 0.05) is 32.7 Å². The third-order valence-corrected chi connectivity index (χ3v) is 4.38. The van der Waals surface area contributed by atoms with Crippen LogP contribution in [0.15, 0.2) is 34.2 Å². The van der Waals surface area contributed by atoms with Gasteiger partial charge in [-0.1, -0.05) is 23.4 Å². The first-order chi connectivity index (χ1) is 10.2. The molecule has 0 atom stereocenters. The van der Waals surface area contributed by atoms with Gasteiger partial charge >= 0.3 is 0 Å². The monoisotopic (exact) mass is 304 g/mol. The van der Waals surface area contributed by atoms with E-state index in [9.17, 15) is 0 Å². The van der Waals surface area contributed by atoms with Crippen LogP contribution in [0.5, 0.6) is 0 Å². The predicted molar refractivity (Wildman–Crippen MR) is 84.1 cm³/mol. The average molecular weight is 304 g/mol. The van der Waals surface area contributed by atoms with E-state index in [0.717, 1.165) is 50.0 Å². The Balaban J connectivity index is 1.53. The molecule has 0 N–H and O–H groups in total. The Morgan fingerprint density at radius 2 is 2.10 bits per heavy atom. The van der Waals surface area contributed by atoms with Crippen LogP contribution in [0.25, 0.3) is 10.8 Å². The Morgan fingerprint density at radius 3 is 2.76 bits per heavy atom. The fourth-order valence-electron chi connectivity index (χ4n) is 2.51. The smallest absolute Gasteiger partial charge is 0.268 e. The summed E-state index contributed by atoms with van der Waals surface area (Å²) in [5.41, 5.74) is 1.22. The molecule has 0 aliphatic carbocycles. The number of hydrogen-bond acceptors (Lipinski definition) is 6. The van der Waals surface area contributed by atoms with Crippen molar-refractivity contribution in [3.63, 3.8) is 0 Å². The lowest BCUT2D eigenvalue weighted by molar-refractivity contribution is 0.131. The van der Waals surface area contributed by atoms with Gasteiger partial charge in [0.15, 0.2) is 5.82 Å². The zero-order valence-electron chi connectivity index (χ0n) is 12.3. The number of rotatable bonds is 5. The molecule has 2 aromatic rings. The van der Waals surface area contributed by atoms with Crippen molar-refractivity contribution in [2.45, 2.75) is 13.5 Å². The van der Waals surface area contributed by atoms with Crippen molar-refractivity contribution in [1.29, 1.82) is 0 Å². The molecule has 1 aliphatic rings. The van der Waals surface area contributed by atoms with Gasteiger partial charge in [-0.25, -0.2) is 0 Å². The van der Waals surface area contributed by atoms with Crippen LogP contribution in [0, 0.1) is 0 Å². The van der Waals surface area contributed by atoms with E-state index in [-0.39, 0.29) is 0 Å². The Labute approximate surface area is 128 Å². The number of hydrogen-bond donors (Lipinski definition) is 0. The molecule has 0 bridgehead atoms. The van der Waals surface area contributed by atoms with Crippen LogP contribution in [-0.4, -0.2) is 52.7 Å². The topological polar surface area (TPSA) is 45.4 Å². The van der Waals surface area contributed by atoms with E-state index >= 15 is 0 Å². The normalized spacial score (nSPS) is 17.2. The maximum absolute atomic E-state index is 5.32. The van der Waals surface area contributed by atoms with Crippen molar-refractivity contribution in [2.75, 3.05) is 32.7 Å². The molecule has 0 unspecified atom stereocenters. The Morgan fingerprint density at radius 1 is 1.33 bits per heavy atom. The molecule has 1 saturated heterocycles. The van der Waals surface area contributed by atoms with Crippen LogP contribution in [0.4, 0.5) is 0 Å². The summed E-state index contributed by atoms with van der Waals surface area (Å²) in [5, 5.41) is 6.10. The molecule has 0 radical (unpaired) electrons. The molecule has 3 heterocycles. The van der Waals surface area contributed by atoms with E-state index in [1.165, 1.54) is 5.57 Å². The van der Waals surface area contributed by atoms with Gasteiger partial charge in [-0.3, -0.25) is 9.80 Å². The highest BCUT2D eigenvalue weighted by molar-refractivity contribution is 7.13. The second-order valence-corrected chi connectivity index (χ2v) is 6.45. The largest absolute Gasteiger partial charge is 0.333 e. The fraction of sp³-hybridized carbons (Fsp3) is 0.467. The average Bonchev–Trinajstić information content (AvgIpc) is 3.11. The summed E-state index contributed by atoms with van der Waals surface area (Å²) in [5.74, 6) is 1.40. The lowest BCUT2D eigenvalue weighted by Gasteiger charge is -2.34. The number of piperazine rings is 1. The Hall–Kier alpha value is -1.50. The van der Waals surface area contributed by atoms with Gasteiger partial charge in [0.05, 0.1) is 11.4 Å². The summed E-state index contributed by atoms with van der Waals surface area (Å²) in [6.45, 7) is 12.0. The molecule has 2 aromatic heterocycles. The highest BCUT2D eigenvalue weighted by Crippen LogP contribution is 2.22. The van der Waals surface area contributed by atoms with Crippen molar-refractivity contribution in [3.05, 3.63) is 35.5 Å². The third kappa shape index (κ3) is 3.78. The maximum atomic E-state index is 5.32. The molecule has 0 spiro atoms.